The molecule has 2 saturated carbocycles. The maximum absolute atomic E-state index is 13.1. The molecule has 2 aliphatic carbocycles. The molecule has 46 heavy (non-hydrogen) atoms. The summed E-state index contributed by atoms with van der Waals surface area (Å²) in [7, 11) is 0. The van der Waals surface area contributed by atoms with Crippen LogP contribution in [-0.2, 0) is 9.59 Å². The van der Waals surface area contributed by atoms with Crippen LogP contribution in [0.15, 0.2) is 55.0 Å². The molecule has 234 valence electrons. The number of carbonyl (C=O) groups excluding carboxylic acids is 4. The summed E-state index contributed by atoms with van der Waals surface area (Å²) in [5, 5.41) is 10.2. The predicted molar refractivity (Wildman–Crippen MR) is 167 cm³/mol. The van der Waals surface area contributed by atoms with Crippen LogP contribution in [0.2, 0.25) is 0 Å². The first-order valence-electron chi connectivity index (χ1n) is 16.0. The minimum absolute atomic E-state index is 0.0965. The second-order valence-electron chi connectivity index (χ2n) is 12.7. The Bertz CT molecular complexity index is 1890. The lowest BCUT2D eigenvalue weighted by Gasteiger charge is -2.35. The van der Waals surface area contributed by atoms with E-state index in [9.17, 15) is 19.2 Å². The molecule has 4 aromatic rings. The van der Waals surface area contributed by atoms with E-state index in [0.717, 1.165) is 83.7 Å². The molecular formula is C34H33N7O5. The summed E-state index contributed by atoms with van der Waals surface area (Å²) in [6.07, 6.45) is 12.7. The zero-order valence-corrected chi connectivity index (χ0v) is 25.1. The molecule has 4 aliphatic rings. The van der Waals surface area contributed by atoms with Crippen molar-refractivity contribution in [1.29, 1.82) is 0 Å². The first-order valence-corrected chi connectivity index (χ1v) is 16.0. The summed E-state index contributed by atoms with van der Waals surface area (Å²) < 4.78 is 7.97. The summed E-state index contributed by atoms with van der Waals surface area (Å²) in [4.78, 5) is 60.2. The molecule has 1 atom stereocenters. The van der Waals surface area contributed by atoms with Gasteiger partial charge >= 0.3 is 0 Å². The zero-order chi connectivity index (χ0) is 31.4. The van der Waals surface area contributed by atoms with Crippen molar-refractivity contribution < 1.29 is 23.9 Å². The number of rotatable bonds is 10. The van der Waals surface area contributed by atoms with Gasteiger partial charge < -0.3 is 10.1 Å². The first kappa shape index (κ1) is 28.4. The highest BCUT2D eigenvalue weighted by Crippen LogP contribution is 2.40. The monoisotopic (exact) mass is 619 g/mol. The normalized spacial score (nSPS) is 22.5. The van der Waals surface area contributed by atoms with Crippen molar-refractivity contribution in [1.82, 2.24) is 30.0 Å². The van der Waals surface area contributed by atoms with Crippen LogP contribution >= 0.6 is 0 Å². The lowest BCUT2D eigenvalue weighted by atomic mass is 9.77. The van der Waals surface area contributed by atoms with E-state index < -0.39 is 29.7 Å². The third-order valence-corrected chi connectivity index (χ3v) is 9.38. The Hall–Kier alpha value is -5.13. The number of anilines is 1. The molecule has 0 radical (unpaired) electrons. The van der Waals surface area contributed by atoms with E-state index in [4.69, 9.17) is 9.72 Å². The number of imide groups is 2. The van der Waals surface area contributed by atoms with E-state index in [2.05, 4.69) is 26.9 Å². The Balaban J connectivity index is 0.815. The van der Waals surface area contributed by atoms with Gasteiger partial charge in [-0.05, 0) is 81.2 Å². The molecular weight excluding hydrogens is 586 g/mol. The molecule has 2 aliphatic heterocycles. The molecule has 0 bridgehead atoms. The predicted octanol–water partition coefficient (Wildman–Crippen LogP) is 4.28. The average Bonchev–Trinajstić information content (AvgIpc) is 3.65. The average molecular weight is 620 g/mol. The molecule has 2 N–H and O–H groups in total. The molecule has 0 spiro atoms. The number of benzene rings is 2. The SMILES string of the molecule is O=C1CCC(N2C(=O)c3ccc(NCCC[C@H]4C[C@H](n5cc(-c6cnc7ccc(OC8CC8)cc7n6)cn5)C4)cc3C2=O)C(=O)N1. The molecule has 4 amide bonds. The Labute approximate surface area is 264 Å². The van der Waals surface area contributed by atoms with Gasteiger partial charge in [-0.2, -0.15) is 5.10 Å². The standard InChI is InChI=1S/C34H33N7O5/c42-31-10-9-30(32(43)39-31)41-33(44)25-7-3-21(14-26(25)34(41)45)35-11-1-2-19-12-22(13-19)40-18-20(16-37-40)29-17-36-27-8-6-24(15-28(27)38-29)46-23-4-5-23/h3,6-8,14-19,22-23,30,35H,1-2,4-5,9-13H2,(H,39,42,43)/t19-,22-,30?. The van der Waals surface area contributed by atoms with Crippen LogP contribution in [0.4, 0.5) is 5.69 Å². The summed E-state index contributed by atoms with van der Waals surface area (Å²) in [5.41, 5.74) is 4.71. The highest BCUT2D eigenvalue weighted by Gasteiger charge is 2.44. The van der Waals surface area contributed by atoms with Gasteiger partial charge in [0.25, 0.3) is 11.8 Å². The van der Waals surface area contributed by atoms with Gasteiger partial charge in [0, 0.05) is 36.5 Å². The number of fused-ring (bicyclic) bond motifs is 2. The second-order valence-corrected chi connectivity index (χ2v) is 12.7. The number of carbonyl (C=O) groups is 4. The second kappa shape index (κ2) is 11.3. The van der Waals surface area contributed by atoms with Crippen LogP contribution in [0.1, 0.15) is 78.1 Å². The number of amides is 4. The van der Waals surface area contributed by atoms with E-state index in [1.807, 2.05) is 29.1 Å². The number of aromatic nitrogens is 4. The van der Waals surface area contributed by atoms with Gasteiger partial charge in [0.15, 0.2) is 0 Å². The minimum Gasteiger partial charge on any atom is -0.490 e. The number of hydrogen-bond acceptors (Lipinski definition) is 9. The van der Waals surface area contributed by atoms with E-state index in [1.165, 1.54) is 0 Å². The van der Waals surface area contributed by atoms with Gasteiger partial charge in [-0.1, -0.05) is 0 Å². The summed E-state index contributed by atoms with van der Waals surface area (Å²) in [6.45, 7) is 0.735. The molecule has 12 nitrogen and oxygen atoms in total. The van der Waals surface area contributed by atoms with Crippen molar-refractivity contribution in [3.63, 3.8) is 0 Å². The van der Waals surface area contributed by atoms with Gasteiger partial charge in [-0.3, -0.25) is 39.1 Å². The van der Waals surface area contributed by atoms with Crippen molar-refractivity contribution in [3.05, 3.63) is 66.1 Å². The fourth-order valence-electron chi connectivity index (χ4n) is 6.61. The van der Waals surface area contributed by atoms with Crippen LogP contribution < -0.4 is 15.4 Å². The zero-order valence-electron chi connectivity index (χ0n) is 25.1. The largest absolute Gasteiger partial charge is 0.490 e. The first-order chi connectivity index (χ1) is 22.4. The number of nitrogens with one attached hydrogen (secondary N) is 2. The molecule has 3 fully saturated rings. The molecule has 12 heteroatoms. The number of hydrogen-bond donors (Lipinski definition) is 2. The van der Waals surface area contributed by atoms with E-state index in [0.29, 0.717) is 18.1 Å². The van der Waals surface area contributed by atoms with E-state index in [1.54, 1.807) is 24.4 Å². The molecule has 1 unspecified atom stereocenters. The fourth-order valence-corrected chi connectivity index (χ4v) is 6.61. The number of piperidine rings is 1. The van der Waals surface area contributed by atoms with Crippen LogP contribution in [0, 0.1) is 5.92 Å². The van der Waals surface area contributed by atoms with Crippen molar-refractivity contribution in [2.45, 2.75) is 69.6 Å². The quantitative estimate of drug-likeness (QED) is 0.196. The lowest BCUT2D eigenvalue weighted by Crippen LogP contribution is -2.54. The Morgan fingerprint density at radius 2 is 1.78 bits per heavy atom. The molecule has 2 aromatic heterocycles. The van der Waals surface area contributed by atoms with Gasteiger partial charge in [-0.25, -0.2) is 4.98 Å². The highest BCUT2D eigenvalue weighted by atomic mass is 16.5. The van der Waals surface area contributed by atoms with Gasteiger partial charge in [0.1, 0.15) is 11.8 Å². The third kappa shape index (κ3) is 5.37. The van der Waals surface area contributed by atoms with Crippen molar-refractivity contribution in [3.8, 4) is 17.0 Å². The van der Waals surface area contributed by atoms with Gasteiger partial charge in [-0.15, -0.1) is 0 Å². The molecule has 4 heterocycles. The highest BCUT2D eigenvalue weighted by molar-refractivity contribution is 6.23. The van der Waals surface area contributed by atoms with Crippen molar-refractivity contribution >= 4 is 40.3 Å². The molecule has 1 saturated heterocycles. The maximum Gasteiger partial charge on any atom is 0.262 e. The van der Waals surface area contributed by atoms with E-state index >= 15 is 0 Å². The lowest BCUT2D eigenvalue weighted by molar-refractivity contribution is -0.136. The summed E-state index contributed by atoms with van der Waals surface area (Å²) in [5.74, 6) is -0.541. The van der Waals surface area contributed by atoms with Crippen LogP contribution in [0.5, 0.6) is 5.75 Å². The minimum atomic E-state index is -0.964. The van der Waals surface area contributed by atoms with Crippen LogP contribution in [0.3, 0.4) is 0 Å². The van der Waals surface area contributed by atoms with Crippen molar-refractivity contribution in [2.75, 3.05) is 11.9 Å². The smallest absolute Gasteiger partial charge is 0.262 e. The molecule has 2 aromatic carbocycles. The summed E-state index contributed by atoms with van der Waals surface area (Å²) in [6, 6.07) is 10.4. The van der Waals surface area contributed by atoms with Crippen LogP contribution in [0.25, 0.3) is 22.3 Å². The third-order valence-electron chi connectivity index (χ3n) is 9.38. The summed E-state index contributed by atoms with van der Waals surface area (Å²) >= 11 is 0. The van der Waals surface area contributed by atoms with Crippen molar-refractivity contribution in [2.24, 2.45) is 5.92 Å². The number of ether oxygens (including phenoxy) is 1. The van der Waals surface area contributed by atoms with Crippen LogP contribution in [-0.4, -0.2) is 67.0 Å². The maximum atomic E-state index is 13.1. The Morgan fingerprint density at radius 3 is 2.61 bits per heavy atom. The fraction of sp³-hybridized carbons (Fsp3) is 0.382. The van der Waals surface area contributed by atoms with Gasteiger partial charge in [0.2, 0.25) is 11.8 Å². The van der Waals surface area contributed by atoms with Gasteiger partial charge in [0.05, 0.1) is 52.4 Å². The Kier molecular flexibility index (Phi) is 6.99. The topological polar surface area (TPSA) is 148 Å². The Morgan fingerprint density at radius 1 is 0.935 bits per heavy atom. The number of nitrogens with zero attached hydrogens (tertiary/aromatic N) is 5. The van der Waals surface area contributed by atoms with E-state index in [-0.39, 0.29) is 24.0 Å². The molecule has 8 rings (SSSR count).